The van der Waals surface area contributed by atoms with E-state index in [2.05, 4.69) is 10.6 Å². The minimum atomic E-state index is -1.13. The van der Waals surface area contributed by atoms with E-state index in [1.54, 1.807) is 13.0 Å². The van der Waals surface area contributed by atoms with Crippen molar-refractivity contribution in [3.63, 3.8) is 0 Å². The van der Waals surface area contributed by atoms with Gasteiger partial charge in [0, 0.05) is 12.0 Å². The summed E-state index contributed by atoms with van der Waals surface area (Å²) in [4.78, 5) is 45.2. The normalized spacial score (nSPS) is 10.2. The van der Waals surface area contributed by atoms with Gasteiger partial charge in [0.05, 0.1) is 25.4 Å². The van der Waals surface area contributed by atoms with E-state index in [1.165, 1.54) is 24.3 Å². The van der Waals surface area contributed by atoms with E-state index in [-0.39, 0.29) is 43.1 Å². The molecule has 0 bridgehead atoms. The molecule has 2 rings (SSSR count). The van der Waals surface area contributed by atoms with Crippen molar-refractivity contribution in [2.75, 3.05) is 19.8 Å². The summed E-state index contributed by atoms with van der Waals surface area (Å²) in [6, 6.07) is 7.31. The molecular formula is C19H21N3O8. The first kappa shape index (κ1) is 22.4. The Morgan fingerprint density at radius 2 is 1.97 bits per heavy atom. The van der Waals surface area contributed by atoms with Gasteiger partial charge in [-0.25, -0.2) is 9.86 Å². The van der Waals surface area contributed by atoms with Crippen molar-refractivity contribution in [1.82, 2.24) is 15.7 Å². The molecule has 11 nitrogen and oxygen atoms in total. The molecule has 160 valence electrons. The summed E-state index contributed by atoms with van der Waals surface area (Å²) in [7, 11) is 0. The molecule has 1 aromatic heterocycles. The average Bonchev–Trinajstić information content (AvgIpc) is 3.22. The number of ether oxygens (including phenoxy) is 1. The number of amides is 3. The molecule has 0 radical (unpaired) electrons. The van der Waals surface area contributed by atoms with Crippen LogP contribution in [0.5, 0.6) is 5.75 Å². The lowest BCUT2D eigenvalue weighted by molar-refractivity contribution is -0.150. The van der Waals surface area contributed by atoms with Crippen LogP contribution in [0.3, 0.4) is 0 Å². The number of rotatable bonds is 11. The molecular weight excluding hydrogens is 398 g/mol. The maximum atomic E-state index is 12.2. The Balaban J connectivity index is 1.99. The summed E-state index contributed by atoms with van der Waals surface area (Å²) in [6.07, 6.45) is 0.0329. The average molecular weight is 419 g/mol. The zero-order valence-corrected chi connectivity index (χ0v) is 16.1. The van der Waals surface area contributed by atoms with Crippen LogP contribution in [0.4, 0.5) is 0 Å². The fourth-order valence-corrected chi connectivity index (χ4v) is 2.40. The standard InChI is InChI=1S/C19H21N3O8/c1-2-29-14-8-12(7-13(9-14)19(26)27)15-3-4-16(30-15)18(25)21-10-20-17(24)5-6-22(28)11-23/h3-4,7-9,11,28H,2,5-6,10H2,1H3,(H,20,24)(H,21,25)(H,26,27). The molecule has 11 heteroatoms. The van der Waals surface area contributed by atoms with Gasteiger partial charge in [-0.15, -0.1) is 0 Å². The summed E-state index contributed by atoms with van der Waals surface area (Å²) in [6.45, 7) is 1.75. The first-order valence-corrected chi connectivity index (χ1v) is 8.91. The quantitative estimate of drug-likeness (QED) is 0.182. The number of aromatic carboxylic acids is 1. The Kier molecular flexibility index (Phi) is 7.94. The van der Waals surface area contributed by atoms with E-state index < -0.39 is 17.8 Å². The largest absolute Gasteiger partial charge is 0.494 e. The Labute approximate surface area is 171 Å². The Morgan fingerprint density at radius 1 is 1.20 bits per heavy atom. The van der Waals surface area contributed by atoms with Crippen molar-refractivity contribution in [3.8, 4) is 17.1 Å². The molecule has 0 unspecified atom stereocenters. The minimum Gasteiger partial charge on any atom is -0.494 e. The molecule has 0 aliphatic carbocycles. The van der Waals surface area contributed by atoms with Crippen molar-refractivity contribution in [2.24, 2.45) is 0 Å². The minimum absolute atomic E-state index is 0.0112. The van der Waals surface area contributed by atoms with Crippen LogP contribution < -0.4 is 15.4 Å². The number of nitrogens with one attached hydrogen (secondary N) is 2. The third-order valence-electron chi connectivity index (χ3n) is 3.80. The highest BCUT2D eigenvalue weighted by molar-refractivity contribution is 5.93. The van der Waals surface area contributed by atoms with Crippen LogP contribution in [-0.4, -0.2) is 59.4 Å². The number of hydroxylamine groups is 2. The molecule has 2 aromatic rings. The predicted molar refractivity (Wildman–Crippen MR) is 102 cm³/mol. The van der Waals surface area contributed by atoms with Crippen molar-refractivity contribution >= 4 is 24.2 Å². The Morgan fingerprint density at radius 3 is 2.63 bits per heavy atom. The van der Waals surface area contributed by atoms with Crippen LogP contribution in [0.15, 0.2) is 34.7 Å². The lowest BCUT2D eigenvalue weighted by atomic mass is 10.1. The van der Waals surface area contributed by atoms with Gasteiger partial charge in [0.15, 0.2) is 5.76 Å². The summed E-state index contributed by atoms with van der Waals surface area (Å²) in [5.41, 5.74) is 0.437. The van der Waals surface area contributed by atoms with Gasteiger partial charge in [-0.05, 0) is 37.3 Å². The van der Waals surface area contributed by atoms with Crippen LogP contribution in [0.1, 0.15) is 34.3 Å². The van der Waals surface area contributed by atoms with E-state index >= 15 is 0 Å². The number of benzene rings is 1. The maximum absolute atomic E-state index is 12.2. The molecule has 1 heterocycles. The summed E-state index contributed by atoms with van der Waals surface area (Å²) < 4.78 is 10.9. The highest BCUT2D eigenvalue weighted by Crippen LogP contribution is 2.28. The zero-order chi connectivity index (χ0) is 22.1. The van der Waals surface area contributed by atoms with Crippen LogP contribution in [0.2, 0.25) is 0 Å². The monoisotopic (exact) mass is 419 g/mol. The zero-order valence-electron chi connectivity index (χ0n) is 16.1. The number of carbonyl (C=O) groups is 4. The van der Waals surface area contributed by atoms with Gasteiger partial charge in [-0.3, -0.25) is 19.6 Å². The van der Waals surface area contributed by atoms with Crippen LogP contribution in [0, 0.1) is 0 Å². The van der Waals surface area contributed by atoms with E-state index in [1.807, 2.05) is 0 Å². The lowest BCUT2D eigenvalue weighted by Gasteiger charge is -2.09. The summed E-state index contributed by atoms with van der Waals surface area (Å²) in [5, 5.41) is 23.3. The summed E-state index contributed by atoms with van der Waals surface area (Å²) in [5.74, 6) is -1.63. The van der Waals surface area contributed by atoms with Gasteiger partial charge in [-0.1, -0.05) is 0 Å². The topological polar surface area (TPSA) is 158 Å². The number of carbonyl (C=O) groups excluding carboxylic acids is 3. The highest BCUT2D eigenvalue weighted by Gasteiger charge is 2.15. The maximum Gasteiger partial charge on any atom is 0.335 e. The number of hydrogen-bond donors (Lipinski definition) is 4. The number of carboxylic acids is 1. The van der Waals surface area contributed by atoms with Crippen molar-refractivity contribution in [3.05, 3.63) is 41.7 Å². The molecule has 0 spiro atoms. The smallest absolute Gasteiger partial charge is 0.335 e. The Bertz CT molecular complexity index is 924. The Hall–Kier alpha value is -3.86. The second-order valence-electron chi connectivity index (χ2n) is 5.95. The van der Waals surface area contributed by atoms with Gasteiger partial charge in [0.2, 0.25) is 12.3 Å². The van der Waals surface area contributed by atoms with Gasteiger partial charge in [-0.2, -0.15) is 0 Å². The van der Waals surface area contributed by atoms with Gasteiger partial charge < -0.3 is 24.9 Å². The highest BCUT2D eigenvalue weighted by atomic mass is 16.5. The number of furan rings is 1. The van der Waals surface area contributed by atoms with Gasteiger partial charge >= 0.3 is 5.97 Å². The number of hydrogen-bond acceptors (Lipinski definition) is 7. The molecule has 1 aromatic carbocycles. The van der Waals surface area contributed by atoms with Crippen LogP contribution >= 0.6 is 0 Å². The van der Waals surface area contributed by atoms with Crippen molar-refractivity contribution in [1.29, 1.82) is 0 Å². The van der Waals surface area contributed by atoms with Gasteiger partial charge in [0.25, 0.3) is 5.91 Å². The van der Waals surface area contributed by atoms with Crippen LogP contribution in [0.25, 0.3) is 11.3 Å². The molecule has 4 N–H and O–H groups in total. The fraction of sp³-hybridized carbons (Fsp3) is 0.263. The molecule has 0 atom stereocenters. The molecule has 0 aliphatic heterocycles. The number of nitrogens with zero attached hydrogens (tertiary/aromatic N) is 1. The third kappa shape index (κ3) is 6.34. The summed E-state index contributed by atoms with van der Waals surface area (Å²) >= 11 is 0. The predicted octanol–water partition coefficient (Wildman–Crippen LogP) is 1.08. The second kappa shape index (κ2) is 10.6. The second-order valence-corrected chi connectivity index (χ2v) is 5.95. The fourth-order valence-electron chi connectivity index (χ4n) is 2.40. The molecule has 30 heavy (non-hydrogen) atoms. The SMILES string of the molecule is CCOc1cc(C(=O)O)cc(-c2ccc(C(=O)NCNC(=O)CCN(O)C=O)o2)c1. The molecule has 0 fully saturated rings. The van der Waals surface area contributed by atoms with Crippen molar-refractivity contribution in [2.45, 2.75) is 13.3 Å². The van der Waals surface area contributed by atoms with Gasteiger partial charge in [0.1, 0.15) is 11.5 Å². The van der Waals surface area contributed by atoms with E-state index in [4.69, 9.17) is 14.4 Å². The first-order chi connectivity index (χ1) is 14.3. The van der Waals surface area contributed by atoms with E-state index in [0.29, 0.717) is 23.0 Å². The number of carboxylic acid groups (broad SMARTS) is 1. The molecule has 0 aliphatic rings. The molecule has 3 amide bonds. The first-order valence-electron chi connectivity index (χ1n) is 8.91. The molecule has 0 saturated heterocycles. The third-order valence-corrected chi connectivity index (χ3v) is 3.80. The van der Waals surface area contributed by atoms with E-state index in [9.17, 15) is 24.3 Å². The lowest BCUT2D eigenvalue weighted by Crippen LogP contribution is -2.38. The van der Waals surface area contributed by atoms with Crippen LogP contribution in [-0.2, 0) is 9.59 Å². The van der Waals surface area contributed by atoms with E-state index in [0.717, 1.165) is 0 Å². The van der Waals surface area contributed by atoms with Crippen molar-refractivity contribution < 1.29 is 38.6 Å². The molecule has 0 saturated carbocycles.